The Balaban J connectivity index is 0.00000512. The molecule has 0 bridgehead atoms. The molecule has 0 saturated carbocycles. The van der Waals surface area contributed by atoms with Gasteiger partial charge in [0.15, 0.2) is 5.96 Å². The van der Waals surface area contributed by atoms with E-state index in [1.807, 2.05) is 11.8 Å². The number of halogens is 1. The lowest BCUT2D eigenvalue weighted by molar-refractivity contribution is 0.224. The topological polar surface area (TPSA) is 70.4 Å². The van der Waals surface area contributed by atoms with Gasteiger partial charge in [-0.05, 0) is 37.1 Å². The third kappa shape index (κ3) is 9.66. The SMILES string of the molecule is CCc1nncn1CCNC(=NCC(c1ccccc1)N(CC)CC)NCCCSC.I. The summed E-state index contributed by atoms with van der Waals surface area (Å²) in [6.45, 7) is 11.8. The van der Waals surface area contributed by atoms with Crippen LogP contribution in [0.1, 0.15) is 44.6 Å². The van der Waals surface area contributed by atoms with Gasteiger partial charge in [0.2, 0.25) is 0 Å². The molecule has 0 fully saturated rings. The second-order valence-corrected chi connectivity index (χ2v) is 8.32. The maximum absolute atomic E-state index is 4.98. The average Bonchev–Trinajstić information content (AvgIpc) is 3.27. The number of guanidine groups is 1. The van der Waals surface area contributed by atoms with Gasteiger partial charge in [-0.2, -0.15) is 11.8 Å². The summed E-state index contributed by atoms with van der Waals surface area (Å²) in [6, 6.07) is 11.0. The maximum Gasteiger partial charge on any atom is 0.191 e. The molecule has 0 aliphatic rings. The lowest BCUT2D eigenvalue weighted by atomic mass is 10.1. The lowest BCUT2D eigenvalue weighted by Gasteiger charge is -2.29. The van der Waals surface area contributed by atoms with Crippen LogP contribution in [-0.2, 0) is 13.0 Å². The standard InChI is InChI=1S/C23H39N7S.HI/c1-5-22-28-27-19-30(22)16-15-25-23(24-14-11-17-31-4)26-18-21(29(6-2)7-3)20-12-9-8-10-13-20;/h8-10,12-13,19,21H,5-7,11,14-18H2,1-4H3,(H2,24,25,26);1H. The van der Waals surface area contributed by atoms with Crippen LogP contribution in [0, 0.1) is 0 Å². The fourth-order valence-corrected chi connectivity index (χ4v) is 4.01. The molecule has 1 aromatic heterocycles. The number of hydrogen-bond acceptors (Lipinski definition) is 5. The Morgan fingerprint density at radius 2 is 1.84 bits per heavy atom. The lowest BCUT2D eigenvalue weighted by Crippen LogP contribution is -2.40. The third-order valence-corrected chi connectivity index (χ3v) is 6.03. The molecule has 1 unspecified atom stereocenters. The Labute approximate surface area is 215 Å². The van der Waals surface area contributed by atoms with Gasteiger partial charge in [0.25, 0.3) is 0 Å². The van der Waals surface area contributed by atoms with Crippen molar-refractivity contribution in [2.75, 3.05) is 44.7 Å². The molecule has 180 valence electrons. The summed E-state index contributed by atoms with van der Waals surface area (Å²) in [4.78, 5) is 7.45. The zero-order valence-corrected chi connectivity index (χ0v) is 23.1. The Morgan fingerprint density at radius 1 is 1.12 bits per heavy atom. The molecule has 1 aromatic carbocycles. The summed E-state index contributed by atoms with van der Waals surface area (Å²) >= 11 is 1.87. The van der Waals surface area contributed by atoms with E-state index >= 15 is 0 Å². The molecule has 0 saturated heterocycles. The van der Waals surface area contributed by atoms with Gasteiger partial charge in [0.05, 0.1) is 12.6 Å². The van der Waals surface area contributed by atoms with E-state index in [0.717, 1.165) is 69.6 Å². The fourth-order valence-electron chi connectivity index (χ4n) is 3.58. The van der Waals surface area contributed by atoms with Crippen LogP contribution in [0.25, 0.3) is 0 Å². The number of aryl methyl sites for hydroxylation is 1. The zero-order chi connectivity index (χ0) is 22.3. The fraction of sp³-hybridized carbons (Fsp3) is 0.609. The molecular weight excluding hydrogens is 533 g/mol. The first-order valence-corrected chi connectivity index (χ1v) is 12.8. The summed E-state index contributed by atoms with van der Waals surface area (Å²) in [5.41, 5.74) is 1.31. The van der Waals surface area contributed by atoms with Gasteiger partial charge >= 0.3 is 0 Å². The van der Waals surface area contributed by atoms with E-state index in [4.69, 9.17) is 4.99 Å². The molecule has 0 aliphatic carbocycles. The number of aliphatic imine (C=N–C) groups is 1. The molecule has 0 aliphatic heterocycles. The van der Waals surface area contributed by atoms with E-state index in [1.54, 1.807) is 6.33 Å². The summed E-state index contributed by atoms with van der Waals surface area (Å²) in [7, 11) is 0. The molecule has 0 radical (unpaired) electrons. The van der Waals surface area contributed by atoms with Gasteiger partial charge in [-0.15, -0.1) is 34.2 Å². The minimum atomic E-state index is 0. The highest BCUT2D eigenvalue weighted by Gasteiger charge is 2.17. The highest BCUT2D eigenvalue weighted by atomic mass is 127. The van der Waals surface area contributed by atoms with Crippen molar-refractivity contribution in [3.8, 4) is 0 Å². The largest absolute Gasteiger partial charge is 0.356 e. The van der Waals surface area contributed by atoms with Crippen molar-refractivity contribution < 1.29 is 0 Å². The molecule has 2 aromatic rings. The van der Waals surface area contributed by atoms with Gasteiger partial charge in [-0.1, -0.05) is 51.1 Å². The van der Waals surface area contributed by atoms with E-state index in [9.17, 15) is 0 Å². The molecule has 1 heterocycles. The van der Waals surface area contributed by atoms with Crippen molar-refractivity contribution in [1.29, 1.82) is 0 Å². The molecule has 2 rings (SSSR count). The van der Waals surface area contributed by atoms with E-state index in [2.05, 4.69) is 87.7 Å². The van der Waals surface area contributed by atoms with Crippen LogP contribution in [0.5, 0.6) is 0 Å². The first-order valence-electron chi connectivity index (χ1n) is 11.4. The van der Waals surface area contributed by atoms with Crippen LogP contribution in [0.15, 0.2) is 41.7 Å². The van der Waals surface area contributed by atoms with Crippen molar-refractivity contribution in [3.05, 3.63) is 48.0 Å². The predicted octanol–water partition coefficient (Wildman–Crippen LogP) is 3.83. The first kappa shape index (κ1) is 28.7. The quantitative estimate of drug-likeness (QED) is 0.155. The van der Waals surface area contributed by atoms with E-state index in [0.29, 0.717) is 0 Å². The summed E-state index contributed by atoms with van der Waals surface area (Å²) in [5.74, 6) is 3.03. The number of nitrogens with zero attached hydrogens (tertiary/aromatic N) is 5. The van der Waals surface area contributed by atoms with E-state index < -0.39 is 0 Å². The monoisotopic (exact) mass is 573 g/mol. The smallest absolute Gasteiger partial charge is 0.191 e. The number of nitrogens with one attached hydrogen (secondary N) is 2. The maximum atomic E-state index is 4.98. The van der Waals surface area contributed by atoms with Crippen molar-refractivity contribution in [2.45, 2.75) is 46.2 Å². The number of benzene rings is 1. The average molecular weight is 574 g/mol. The highest BCUT2D eigenvalue weighted by Crippen LogP contribution is 2.20. The Morgan fingerprint density at radius 3 is 2.50 bits per heavy atom. The van der Waals surface area contributed by atoms with Crippen LogP contribution in [0.4, 0.5) is 0 Å². The summed E-state index contributed by atoms with van der Waals surface area (Å²) in [5, 5.41) is 15.2. The number of thioether (sulfide) groups is 1. The normalized spacial score (nSPS) is 12.5. The van der Waals surface area contributed by atoms with Gasteiger partial charge in [-0.3, -0.25) is 9.89 Å². The second kappa shape index (κ2) is 17.2. The Kier molecular flexibility index (Phi) is 15.4. The van der Waals surface area contributed by atoms with Gasteiger partial charge in [-0.25, -0.2) is 0 Å². The summed E-state index contributed by atoms with van der Waals surface area (Å²) < 4.78 is 2.10. The molecule has 7 nitrogen and oxygen atoms in total. The number of likely N-dealkylation sites (N-methyl/N-ethyl adjacent to an activating group) is 1. The molecule has 2 N–H and O–H groups in total. The van der Waals surface area contributed by atoms with Gasteiger partial charge in [0.1, 0.15) is 12.2 Å². The Hall–Kier alpha value is -1.33. The minimum Gasteiger partial charge on any atom is -0.356 e. The van der Waals surface area contributed by atoms with Crippen molar-refractivity contribution in [3.63, 3.8) is 0 Å². The van der Waals surface area contributed by atoms with Crippen molar-refractivity contribution in [1.82, 2.24) is 30.3 Å². The highest BCUT2D eigenvalue weighted by molar-refractivity contribution is 14.0. The first-order chi connectivity index (χ1) is 15.2. The molecule has 0 amide bonds. The summed E-state index contributed by atoms with van der Waals surface area (Å²) in [6.07, 6.45) is 5.95. The van der Waals surface area contributed by atoms with E-state index in [-0.39, 0.29) is 30.0 Å². The molecule has 32 heavy (non-hydrogen) atoms. The van der Waals surface area contributed by atoms with Crippen molar-refractivity contribution >= 4 is 41.7 Å². The minimum absolute atomic E-state index is 0. The zero-order valence-electron chi connectivity index (χ0n) is 20.0. The molecular formula is C23H40IN7S. The second-order valence-electron chi connectivity index (χ2n) is 7.33. The van der Waals surface area contributed by atoms with Crippen molar-refractivity contribution in [2.24, 2.45) is 4.99 Å². The van der Waals surface area contributed by atoms with Crippen LogP contribution in [0.2, 0.25) is 0 Å². The van der Waals surface area contributed by atoms with Gasteiger partial charge in [0, 0.05) is 26.1 Å². The van der Waals surface area contributed by atoms with Crippen LogP contribution < -0.4 is 10.6 Å². The van der Waals surface area contributed by atoms with Gasteiger partial charge < -0.3 is 15.2 Å². The van der Waals surface area contributed by atoms with Crippen LogP contribution in [0.3, 0.4) is 0 Å². The number of aromatic nitrogens is 3. The number of rotatable bonds is 14. The third-order valence-electron chi connectivity index (χ3n) is 5.33. The van der Waals surface area contributed by atoms with E-state index in [1.165, 1.54) is 5.56 Å². The predicted molar refractivity (Wildman–Crippen MR) is 148 cm³/mol. The van der Waals surface area contributed by atoms with Crippen LogP contribution in [-0.4, -0.2) is 70.4 Å². The molecule has 1 atom stereocenters. The number of hydrogen-bond donors (Lipinski definition) is 2. The molecule has 0 spiro atoms. The Bertz CT molecular complexity index is 750. The molecule has 9 heteroatoms. The van der Waals surface area contributed by atoms with Crippen LogP contribution >= 0.6 is 35.7 Å².